The molecule has 0 fully saturated rings. The zero-order chi connectivity index (χ0) is 15.9. The van der Waals surface area contributed by atoms with Gasteiger partial charge in [-0.25, -0.2) is 0 Å². The third-order valence-electron chi connectivity index (χ3n) is 3.57. The van der Waals surface area contributed by atoms with Gasteiger partial charge in [0.15, 0.2) is 0 Å². The summed E-state index contributed by atoms with van der Waals surface area (Å²) in [7, 11) is 3.33. The third kappa shape index (κ3) is 4.35. The molecule has 0 bridgehead atoms. The maximum absolute atomic E-state index is 5.31. The number of hydrogen-bond donors (Lipinski definition) is 0. The van der Waals surface area contributed by atoms with Crippen LogP contribution in [0, 0.1) is 0 Å². The van der Waals surface area contributed by atoms with E-state index in [0.717, 1.165) is 29.2 Å². The second-order valence-corrected chi connectivity index (χ2v) is 5.35. The fraction of sp³-hybridized carbons (Fsp3) is 0.316. The summed E-state index contributed by atoms with van der Waals surface area (Å²) in [4.78, 5) is 4.79. The minimum atomic E-state index is 0.161. The van der Waals surface area contributed by atoms with E-state index in [2.05, 4.69) is 26.0 Å². The van der Waals surface area contributed by atoms with Crippen LogP contribution in [0.25, 0.3) is 0 Å². The van der Waals surface area contributed by atoms with E-state index >= 15 is 0 Å². The van der Waals surface area contributed by atoms with E-state index in [-0.39, 0.29) is 6.04 Å². The average Bonchev–Trinajstić information content (AvgIpc) is 2.55. The van der Waals surface area contributed by atoms with Gasteiger partial charge in [0.05, 0.1) is 20.3 Å². The maximum Gasteiger partial charge on any atom is 0.122 e. The highest BCUT2D eigenvalue weighted by Gasteiger charge is 2.06. The van der Waals surface area contributed by atoms with Crippen LogP contribution in [0.3, 0.4) is 0 Å². The van der Waals surface area contributed by atoms with Crippen LogP contribution in [0.15, 0.2) is 53.5 Å². The number of ether oxygens (including phenoxy) is 2. The van der Waals surface area contributed by atoms with Crippen molar-refractivity contribution in [3.63, 3.8) is 0 Å². The Bertz CT molecular complexity index is 613. The van der Waals surface area contributed by atoms with Gasteiger partial charge in [0.25, 0.3) is 0 Å². The van der Waals surface area contributed by atoms with Crippen molar-refractivity contribution >= 4 is 5.71 Å². The summed E-state index contributed by atoms with van der Waals surface area (Å²) in [5, 5.41) is 0. The number of nitrogens with zero attached hydrogens (tertiary/aromatic N) is 1. The molecule has 3 heteroatoms. The smallest absolute Gasteiger partial charge is 0.122 e. The first-order valence-corrected chi connectivity index (χ1v) is 7.42. The zero-order valence-corrected chi connectivity index (χ0v) is 13.7. The van der Waals surface area contributed by atoms with Crippen LogP contribution >= 0.6 is 0 Å². The van der Waals surface area contributed by atoms with Crippen molar-refractivity contribution in [1.82, 2.24) is 0 Å². The number of aliphatic imine (C=N–C) groups is 1. The highest BCUT2D eigenvalue weighted by molar-refractivity contribution is 5.84. The monoisotopic (exact) mass is 297 g/mol. The molecule has 0 saturated heterocycles. The molecule has 0 radical (unpaired) electrons. The van der Waals surface area contributed by atoms with Crippen LogP contribution in [-0.4, -0.2) is 19.9 Å². The highest BCUT2D eigenvalue weighted by atomic mass is 16.5. The molecule has 0 amide bonds. The van der Waals surface area contributed by atoms with Gasteiger partial charge in [0.1, 0.15) is 11.5 Å². The SMILES string of the molecule is COc1cc(CC(C)=N[C@@H](C)c2ccccc2)cc(OC)c1. The van der Waals surface area contributed by atoms with Crippen LogP contribution in [0.1, 0.15) is 31.0 Å². The lowest BCUT2D eigenvalue weighted by Gasteiger charge is -2.11. The minimum absolute atomic E-state index is 0.161. The molecule has 3 nitrogen and oxygen atoms in total. The summed E-state index contributed by atoms with van der Waals surface area (Å²) in [5.41, 5.74) is 3.45. The molecule has 0 spiro atoms. The molecule has 1 atom stereocenters. The lowest BCUT2D eigenvalue weighted by Crippen LogP contribution is -2.02. The van der Waals surface area contributed by atoms with E-state index in [0.29, 0.717) is 0 Å². The van der Waals surface area contributed by atoms with Crippen molar-refractivity contribution in [3.8, 4) is 11.5 Å². The molecule has 2 rings (SSSR count). The van der Waals surface area contributed by atoms with E-state index in [1.54, 1.807) is 14.2 Å². The molecule has 0 aliphatic carbocycles. The Morgan fingerprint density at radius 3 is 2.14 bits per heavy atom. The lowest BCUT2D eigenvalue weighted by atomic mass is 10.1. The second kappa shape index (κ2) is 7.64. The number of rotatable bonds is 6. The Labute approximate surface area is 132 Å². The van der Waals surface area contributed by atoms with Gasteiger partial charge < -0.3 is 9.47 Å². The average molecular weight is 297 g/mol. The summed E-state index contributed by atoms with van der Waals surface area (Å²) < 4.78 is 10.6. The third-order valence-corrected chi connectivity index (χ3v) is 3.57. The van der Waals surface area contributed by atoms with Crippen LogP contribution in [-0.2, 0) is 6.42 Å². The summed E-state index contributed by atoms with van der Waals surface area (Å²) in [6.45, 7) is 4.18. The van der Waals surface area contributed by atoms with Crippen molar-refractivity contribution < 1.29 is 9.47 Å². The largest absolute Gasteiger partial charge is 0.497 e. The normalized spacial score (nSPS) is 12.8. The minimum Gasteiger partial charge on any atom is -0.497 e. The van der Waals surface area contributed by atoms with E-state index in [1.165, 1.54) is 5.56 Å². The van der Waals surface area contributed by atoms with Crippen LogP contribution in [0.4, 0.5) is 0 Å². The van der Waals surface area contributed by atoms with Gasteiger partial charge in [0, 0.05) is 18.2 Å². The Hall–Kier alpha value is -2.29. The van der Waals surface area contributed by atoms with E-state index in [9.17, 15) is 0 Å². The molecular weight excluding hydrogens is 274 g/mol. The van der Waals surface area contributed by atoms with Gasteiger partial charge in [-0.15, -0.1) is 0 Å². The Morgan fingerprint density at radius 1 is 1.00 bits per heavy atom. The van der Waals surface area contributed by atoms with Crippen molar-refractivity contribution in [2.75, 3.05) is 14.2 Å². The molecule has 0 aliphatic rings. The summed E-state index contributed by atoms with van der Waals surface area (Å²) >= 11 is 0. The highest BCUT2D eigenvalue weighted by Crippen LogP contribution is 2.23. The second-order valence-electron chi connectivity index (χ2n) is 5.35. The fourth-order valence-corrected chi connectivity index (χ4v) is 2.45. The van der Waals surface area contributed by atoms with Gasteiger partial charge in [-0.1, -0.05) is 30.3 Å². The van der Waals surface area contributed by atoms with Gasteiger partial charge in [-0.2, -0.15) is 0 Å². The van der Waals surface area contributed by atoms with E-state index in [1.807, 2.05) is 36.4 Å². The van der Waals surface area contributed by atoms with Gasteiger partial charge in [-0.3, -0.25) is 4.99 Å². The quantitative estimate of drug-likeness (QED) is 0.737. The molecule has 22 heavy (non-hydrogen) atoms. The molecule has 116 valence electrons. The molecule has 0 aliphatic heterocycles. The Morgan fingerprint density at radius 2 is 1.59 bits per heavy atom. The topological polar surface area (TPSA) is 30.8 Å². The lowest BCUT2D eigenvalue weighted by molar-refractivity contribution is 0.393. The van der Waals surface area contributed by atoms with Gasteiger partial charge in [0.2, 0.25) is 0 Å². The molecule has 0 saturated carbocycles. The first-order valence-electron chi connectivity index (χ1n) is 7.42. The van der Waals surface area contributed by atoms with Crippen molar-refractivity contribution in [3.05, 3.63) is 59.7 Å². The predicted octanol–water partition coefficient (Wildman–Crippen LogP) is 4.47. The van der Waals surface area contributed by atoms with Gasteiger partial charge >= 0.3 is 0 Å². The predicted molar refractivity (Wildman–Crippen MR) is 91.2 cm³/mol. The Kier molecular flexibility index (Phi) is 5.59. The maximum atomic E-state index is 5.31. The molecule has 0 N–H and O–H groups in total. The van der Waals surface area contributed by atoms with Crippen molar-refractivity contribution in [2.24, 2.45) is 4.99 Å². The number of methoxy groups -OCH3 is 2. The fourth-order valence-electron chi connectivity index (χ4n) is 2.45. The standard InChI is InChI=1S/C19H23NO2/c1-14(20-15(2)17-8-6-5-7-9-17)10-16-11-18(21-3)13-19(12-16)22-4/h5-9,11-13,15H,10H2,1-4H3/t15-/m0/s1. The molecule has 2 aromatic rings. The summed E-state index contributed by atoms with van der Waals surface area (Å²) in [6, 6.07) is 16.4. The first-order chi connectivity index (χ1) is 10.6. The van der Waals surface area contributed by atoms with Crippen LogP contribution in [0.5, 0.6) is 11.5 Å². The van der Waals surface area contributed by atoms with Gasteiger partial charge in [-0.05, 0) is 37.1 Å². The molecule has 0 unspecified atom stereocenters. The molecule has 0 heterocycles. The molecule has 0 aromatic heterocycles. The van der Waals surface area contributed by atoms with Crippen LogP contribution in [0.2, 0.25) is 0 Å². The van der Waals surface area contributed by atoms with Crippen LogP contribution < -0.4 is 9.47 Å². The number of benzene rings is 2. The summed E-state index contributed by atoms with van der Waals surface area (Å²) in [6.07, 6.45) is 0.782. The van der Waals surface area contributed by atoms with E-state index in [4.69, 9.17) is 14.5 Å². The summed E-state index contributed by atoms with van der Waals surface area (Å²) in [5.74, 6) is 1.61. The first kappa shape index (κ1) is 16.1. The molecular formula is C19H23NO2. The molecule has 2 aromatic carbocycles. The van der Waals surface area contributed by atoms with Crippen molar-refractivity contribution in [2.45, 2.75) is 26.3 Å². The Balaban J connectivity index is 2.14. The van der Waals surface area contributed by atoms with E-state index < -0.39 is 0 Å². The zero-order valence-electron chi connectivity index (χ0n) is 13.7. The van der Waals surface area contributed by atoms with Crippen molar-refractivity contribution in [1.29, 1.82) is 0 Å². The number of hydrogen-bond acceptors (Lipinski definition) is 3.